The highest BCUT2D eigenvalue weighted by molar-refractivity contribution is 14.0. The molecule has 1 aromatic carbocycles. The topological polar surface area (TPSA) is 130 Å². The summed E-state index contributed by atoms with van der Waals surface area (Å²) in [4.78, 5) is 15.9. The van der Waals surface area contributed by atoms with Crippen molar-refractivity contribution in [2.45, 2.75) is 37.8 Å². The maximum Gasteiger partial charge on any atom is 0.407 e. The van der Waals surface area contributed by atoms with Crippen molar-refractivity contribution >= 4 is 46.1 Å². The van der Waals surface area contributed by atoms with E-state index in [9.17, 15) is 13.2 Å². The van der Waals surface area contributed by atoms with E-state index in [2.05, 4.69) is 25.7 Å². The van der Waals surface area contributed by atoms with Crippen LogP contribution in [0.2, 0.25) is 0 Å². The third kappa shape index (κ3) is 12.7. The second-order valence-corrected chi connectivity index (χ2v) is 9.09. The fraction of sp³-hybridized carbons (Fsp3) is 0.579. The number of halogens is 1. The Kier molecular flexibility index (Phi) is 13.7. The van der Waals surface area contributed by atoms with Gasteiger partial charge in [-0.25, -0.2) is 17.9 Å². The molecule has 1 amide bonds. The van der Waals surface area contributed by atoms with Gasteiger partial charge in [-0.2, -0.15) is 0 Å². The Hall–Kier alpha value is -1.64. The summed E-state index contributed by atoms with van der Waals surface area (Å²) in [5.74, 6) is 0.521. The minimum Gasteiger partial charge on any atom is -0.444 e. The first-order valence-corrected chi connectivity index (χ1v) is 11.0. The van der Waals surface area contributed by atoms with E-state index in [-0.39, 0.29) is 35.4 Å². The molecule has 0 saturated carbocycles. The van der Waals surface area contributed by atoms with Gasteiger partial charge in [0.05, 0.1) is 11.5 Å². The summed E-state index contributed by atoms with van der Waals surface area (Å²) in [7, 11) is -0.462. The quantitative estimate of drug-likeness (QED) is 0.145. The number of hydrogen-bond donors (Lipinski definition) is 4. The van der Waals surface area contributed by atoms with Gasteiger partial charge in [-0.1, -0.05) is 12.1 Å². The van der Waals surface area contributed by atoms with Crippen LogP contribution >= 0.6 is 24.0 Å². The summed E-state index contributed by atoms with van der Waals surface area (Å²) in [6.45, 7) is 7.07. The number of carbonyl (C=O) groups excluding carboxylic acids is 1. The van der Waals surface area contributed by atoms with Gasteiger partial charge in [0.25, 0.3) is 0 Å². The fourth-order valence-electron chi connectivity index (χ4n) is 2.25. The van der Waals surface area contributed by atoms with Gasteiger partial charge in [0, 0.05) is 40.3 Å². The molecule has 0 saturated heterocycles. The van der Waals surface area contributed by atoms with Gasteiger partial charge in [0.2, 0.25) is 10.0 Å². The van der Waals surface area contributed by atoms with Crippen LogP contribution in [0.5, 0.6) is 0 Å². The standard InChI is InChI=1S/C19H33N5O5S.HI/c1-19(2,3)29-18(25)22-10-9-21-17(20-4)23-14-15-7-6-8-16(13-15)30(26,27)24-11-12-28-5;/h6-8,13,24H,9-12,14H2,1-5H3,(H,22,25)(H2,20,21,23);1H. The first-order valence-electron chi connectivity index (χ1n) is 9.56. The minimum atomic E-state index is -3.59. The van der Waals surface area contributed by atoms with Crippen LogP contribution in [0.4, 0.5) is 4.79 Å². The van der Waals surface area contributed by atoms with Crippen molar-refractivity contribution in [3.63, 3.8) is 0 Å². The average molecular weight is 571 g/mol. The van der Waals surface area contributed by atoms with E-state index in [0.29, 0.717) is 32.2 Å². The fourth-order valence-corrected chi connectivity index (χ4v) is 3.33. The van der Waals surface area contributed by atoms with Crippen LogP contribution in [0.1, 0.15) is 26.3 Å². The normalized spacial score (nSPS) is 12.0. The van der Waals surface area contributed by atoms with Crippen molar-refractivity contribution in [3.8, 4) is 0 Å². The van der Waals surface area contributed by atoms with Crippen LogP contribution in [-0.2, 0) is 26.0 Å². The molecule has 1 aromatic rings. The zero-order chi connectivity index (χ0) is 22.6. The van der Waals surface area contributed by atoms with Crippen molar-refractivity contribution in [2.75, 3.05) is 40.4 Å². The van der Waals surface area contributed by atoms with E-state index in [1.807, 2.05) is 6.07 Å². The zero-order valence-corrected chi connectivity index (χ0v) is 21.8. The highest BCUT2D eigenvalue weighted by atomic mass is 127. The van der Waals surface area contributed by atoms with Crippen molar-refractivity contribution in [1.29, 1.82) is 0 Å². The predicted octanol–water partition coefficient (Wildman–Crippen LogP) is 1.42. The van der Waals surface area contributed by atoms with Crippen molar-refractivity contribution in [2.24, 2.45) is 4.99 Å². The number of sulfonamides is 1. The van der Waals surface area contributed by atoms with Crippen LogP contribution < -0.4 is 20.7 Å². The SMILES string of the molecule is CN=C(NCCNC(=O)OC(C)(C)C)NCc1cccc(S(=O)(=O)NCCOC)c1.I. The van der Waals surface area contributed by atoms with E-state index in [1.54, 1.807) is 40.0 Å². The first-order chi connectivity index (χ1) is 14.1. The largest absolute Gasteiger partial charge is 0.444 e. The molecule has 0 atom stereocenters. The molecule has 0 aliphatic carbocycles. The van der Waals surface area contributed by atoms with Crippen molar-refractivity contribution < 1.29 is 22.7 Å². The number of ether oxygens (including phenoxy) is 2. The number of rotatable bonds is 10. The number of guanidine groups is 1. The third-order valence-corrected chi connectivity index (χ3v) is 5.03. The van der Waals surface area contributed by atoms with Crippen LogP contribution in [0.25, 0.3) is 0 Å². The second kappa shape index (κ2) is 14.4. The monoisotopic (exact) mass is 571 g/mol. The van der Waals surface area contributed by atoms with Crippen molar-refractivity contribution in [3.05, 3.63) is 29.8 Å². The Balaban J connectivity index is 0.00000900. The number of benzene rings is 1. The summed E-state index contributed by atoms with van der Waals surface area (Å²) in [5, 5.41) is 8.81. The van der Waals surface area contributed by atoms with Crippen LogP contribution in [0.15, 0.2) is 34.2 Å². The lowest BCUT2D eigenvalue weighted by molar-refractivity contribution is 0.0529. The number of amides is 1. The third-order valence-electron chi connectivity index (χ3n) is 3.58. The minimum absolute atomic E-state index is 0. The van der Waals surface area contributed by atoms with E-state index >= 15 is 0 Å². The number of hydrogen-bond acceptors (Lipinski definition) is 6. The van der Waals surface area contributed by atoms with Crippen molar-refractivity contribution in [1.82, 2.24) is 20.7 Å². The molecule has 0 aromatic heterocycles. The number of methoxy groups -OCH3 is 1. The Bertz CT molecular complexity index is 812. The molecule has 12 heteroatoms. The number of alkyl carbamates (subject to hydrolysis) is 1. The molecule has 0 unspecified atom stereocenters. The number of aliphatic imine (C=N–C) groups is 1. The second-order valence-electron chi connectivity index (χ2n) is 7.32. The maximum atomic E-state index is 12.3. The van der Waals surface area contributed by atoms with Gasteiger partial charge >= 0.3 is 6.09 Å². The Labute approximate surface area is 202 Å². The molecule has 0 bridgehead atoms. The van der Waals surface area contributed by atoms with Gasteiger partial charge in [-0.05, 0) is 38.5 Å². The van der Waals surface area contributed by atoms with E-state index < -0.39 is 21.7 Å². The maximum absolute atomic E-state index is 12.3. The molecular formula is C19H34IN5O5S. The molecule has 0 spiro atoms. The average Bonchev–Trinajstić information content (AvgIpc) is 2.66. The molecule has 178 valence electrons. The van der Waals surface area contributed by atoms with E-state index in [4.69, 9.17) is 9.47 Å². The van der Waals surface area contributed by atoms with Gasteiger partial charge in [0.15, 0.2) is 5.96 Å². The first kappa shape index (κ1) is 29.4. The van der Waals surface area contributed by atoms with Gasteiger partial charge in [-0.15, -0.1) is 24.0 Å². The predicted molar refractivity (Wildman–Crippen MR) is 131 cm³/mol. The van der Waals surface area contributed by atoms with E-state index in [1.165, 1.54) is 13.2 Å². The molecule has 10 nitrogen and oxygen atoms in total. The Morgan fingerprint density at radius 2 is 1.77 bits per heavy atom. The van der Waals surface area contributed by atoms with Crippen LogP contribution in [0.3, 0.4) is 0 Å². The number of nitrogens with one attached hydrogen (secondary N) is 4. The summed E-state index contributed by atoms with van der Waals surface area (Å²) < 4.78 is 37.1. The Morgan fingerprint density at radius 1 is 1.10 bits per heavy atom. The molecule has 31 heavy (non-hydrogen) atoms. The number of nitrogens with zero attached hydrogens (tertiary/aromatic N) is 1. The highest BCUT2D eigenvalue weighted by Crippen LogP contribution is 2.11. The molecule has 1 rings (SSSR count). The summed E-state index contributed by atoms with van der Waals surface area (Å²) in [6, 6.07) is 6.63. The van der Waals surface area contributed by atoms with E-state index in [0.717, 1.165) is 5.56 Å². The lowest BCUT2D eigenvalue weighted by atomic mass is 10.2. The molecule has 0 heterocycles. The Morgan fingerprint density at radius 3 is 2.39 bits per heavy atom. The van der Waals surface area contributed by atoms with Crippen LogP contribution in [0, 0.1) is 0 Å². The summed E-state index contributed by atoms with van der Waals surface area (Å²) in [5.41, 5.74) is 0.232. The van der Waals surface area contributed by atoms with Crippen LogP contribution in [-0.4, -0.2) is 66.5 Å². The smallest absolute Gasteiger partial charge is 0.407 e. The molecule has 4 N–H and O–H groups in total. The molecule has 0 radical (unpaired) electrons. The lowest BCUT2D eigenvalue weighted by Gasteiger charge is -2.20. The zero-order valence-electron chi connectivity index (χ0n) is 18.6. The highest BCUT2D eigenvalue weighted by Gasteiger charge is 2.15. The molecular weight excluding hydrogens is 537 g/mol. The van der Waals surface area contributed by atoms with Gasteiger partial charge in [-0.3, -0.25) is 4.99 Å². The summed E-state index contributed by atoms with van der Waals surface area (Å²) in [6.07, 6.45) is -0.482. The summed E-state index contributed by atoms with van der Waals surface area (Å²) >= 11 is 0. The molecule has 0 aliphatic heterocycles. The van der Waals surface area contributed by atoms with Gasteiger partial charge < -0.3 is 25.4 Å². The molecule has 0 fully saturated rings. The molecule has 0 aliphatic rings. The number of carbonyl (C=O) groups is 1. The van der Waals surface area contributed by atoms with Gasteiger partial charge in [0.1, 0.15) is 5.60 Å². The lowest BCUT2D eigenvalue weighted by Crippen LogP contribution is -2.42.